The maximum Gasteiger partial charge on any atom is 0.120 e. The lowest BCUT2D eigenvalue weighted by molar-refractivity contribution is 0.419. The van der Waals surface area contributed by atoms with Crippen molar-refractivity contribution in [3.05, 3.63) is 65.2 Å². The predicted molar refractivity (Wildman–Crippen MR) is 90.4 cm³/mol. The molecule has 3 heteroatoms. The summed E-state index contributed by atoms with van der Waals surface area (Å²) in [5.74, 6) is 0.342. The number of nitrogens with one attached hydrogen (secondary N) is 1. The Kier molecular flexibility index (Phi) is 4.25. The van der Waals surface area contributed by atoms with E-state index in [1.165, 1.54) is 11.1 Å². The van der Waals surface area contributed by atoms with Crippen LogP contribution in [0.15, 0.2) is 53.5 Å². The Labute approximate surface area is 131 Å². The van der Waals surface area contributed by atoms with Crippen molar-refractivity contribution >= 4 is 5.71 Å². The summed E-state index contributed by atoms with van der Waals surface area (Å²) in [6.07, 6.45) is 1.87. The molecule has 1 aliphatic rings. The van der Waals surface area contributed by atoms with Crippen LogP contribution in [-0.4, -0.2) is 17.0 Å². The first-order valence-electron chi connectivity index (χ1n) is 7.87. The van der Waals surface area contributed by atoms with Crippen LogP contribution in [0.4, 0.5) is 0 Å². The van der Waals surface area contributed by atoms with Crippen LogP contribution in [0.1, 0.15) is 43.0 Å². The molecule has 2 unspecified atom stereocenters. The van der Waals surface area contributed by atoms with Crippen LogP contribution in [0.25, 0.3) is 0 Å². The molecule has 0 saturated carbocycles. The summed E-state index contributed by atoms with van der Waals surface area (Å²) in [6.45, 7) is 4.21. The summed E-state index contributed by atoms with van der Waals surface area (Å²) in [5.41, 5.74) is 4.55. The van der Waals surface area contributed by atoms with Crippen LogP contribution in [0.2, 0.25) is 0 Å². The first kappa shape index (κ1) is 14.8. The van der Waals surface area contributed by atoms with E-state index in [0.717, 1.165) is 24.1 Å². The van der Waals surface area contributed by atoms with Gasteiger partial charge < -0.3 is 5.11 Å². The Bertz CT molecular complexity index is 676. The van der Waals surface area contributed by atoms with E-state index in [4.69, 9.17) is 4.99 Å². The molecule has 1 heterocycles. The number of hydrogen-bond acceptors (Lipinski definition) is 3. The number of aromatic hydroxyl groups is 1. The Morgan fingerprint density at radius 2 is 1.86 bits per heavy atom. The van der Waals surface area contributed by atoms with Crippen LogP contribution in [-0.2, 0) is 6.42 Å². The Balaban J connectivity index is 1.88. The SMILES string of the molecule is CCc1ccc(C2=NC(C)NC(c3ccccc3O)C2)cc1. The lowest BCUT2D eigenvalue weighted by Gasteiger charge is -2.28. The number of benzene rings is 2. The molecule has 114 valence electrons. The quantitative estimate of drug-likeness (QED) is 0.903. The number of phenolic OH excluding ortho intramolecular Hbond substituents is 1. The molecule has 0 aliphatic carbocycles. The van der Waals surface area contributed by atoms with Gasteiger partial charge in [0.2, 0.25) is 0 Å². The van der Waals surface area contributed by atoms with Gasteiger partial charge in [-0.1, -0.05) is 49.4 Å². The van der Waals surface area contributed by atoms with Gasteiger partial charge in [0.1, 0.15) is 5.75 Å². The number of hydrogen-bond donors (Lipinski definition) is 2. The van der Waals surface area contributed by atoms with Crippen LogP contribution < -0.4 is 5.32 Å². The minimum absolute atomic E-state index is 0.0409. The summed E-state index contributed by atoms with van der Waals surface area (Å²) in [5, 5.41) is 13.5. The lowest BCUT2D eigenvalue weighted by Crippen LogP contribution is -2.36. The molecular formula is C19H22N2O. The third-order valence-electron chi connectivity index (χ3n) is 4.20. The van der Waals surface area contributed by atoms with E-state index in [9.17, 15) is 5.11 Å². The number of nitrogens with zero attached hydrogens (tertiary/aromatic N) is 1. The molecule has 22 heavy (non-hydrogen) atoms. The third-order valence-corrected chi connectivity index (χ3v) is 4.20. The lowest BCUT2D eigenvalue weighted by atomic mass is 9.94. The van der Waals surface area contributed by atoms with E-state index in [1.54, 1.807) is 6.07 Å². The molecule has 0 fully saturated rings. The van der Waals surface area contributed by atoms with Crippen molar-refractivity contribution in [3.8, 4) is 5.75 Å². The normalized spacial score (nSPS) is 21.5. The summed E-state index contributed by atoms with van der Waals surface area (Å²) in [6, 6.07) is 16.3. The highest BCUT2D eigenvalue weighted by molar-refractivity contribution is 6.01. The van der Waals surface area contributed by atoms with E-state index >= 15 is 0 Å². The zero-order valence-corrected chi connectivity index (χ0v) is 13.1. The van der Waals surface area contributed by atoms with Crippen molar-refractivity contribution in [2.24, 2.45) is 4.99 Å². The Hall–Kier alpha value is -2.13. The van der Waals surface area contributed by atoms with Gasteiger partial charge in [0.15, 0.2) is 0 Å². The summed E-state index contributed by atoms with van der Waals surface area (Å²) in [7, 11) is 0. The van der Waals surface area contributed by atoms with E-state index in [1.807, 2.05) is 25.1 Å². The van der Waals surface area contributed by atoms with Gasteiger partial charge in [0.25, 0.3) is 0 Å². The second kappa shape index (κ2) is 6.32. The number of para-hydroxylation sites is 1. The average molecular weight is 294 g/mol. The summed E-state index contributed by atoms with van der Waals surface area (Å²) in [4.78, 5) is 4.74. The van der Waals surface area contributed by atoms with E-state index in [0.29, 0.717) is 5.75 Å². The van der Waals surface area contributed by atoms with Crippen LogP contribution in [0, 0.1) is 0 Å². The maximum absolute atomic E-state index is 10.1. The first-order chi connectivity index (χ1) is 10.7. The molecule has 2 aromatic carbocycles. The van der Waals surface area contributed by atoms with Crippen molar-refractivity contribution < 1.29 is 5.11 Å². The van der Waals surface area contributed by atoms with E-state index < -0.39 is 0 Å². The zero-order valence-electron chi connectivity index (χ0n) is 13.1. The highest BCUT2D eigenvalue weighted by Gasteiger charge is 2.24. The van der Waals surface area contributed by atoms with Crippen molar-refractivity contribution in [2.45, 2.75) is 38.9 Å². The fourth-order valence-corrected chi connectivity index (χ4v) is 2.97. The molecule has 0 amide bonds. The van der Waals surface area contributed by atoms with Gasteiger partial charge >= 0.3 is 0 Å². The largest absolute Gasteiger partial charge is 0.508 e. The van der Waals surface area contributed by atoms with Crippen molar-refractivity contribution in [1.29, 1.82) is 0 Å². The standard InChI is InChI=1S/C19H22N2O/c1-3-14-8-10-15(11-9-14)17-12-18(21-13(2)20-17)16-6-4-5-7-19(16)22/h4-11,13,18,21-22H,3,12H2,1-2H3. The number of aliphatic imine (C=N–C) groups is 1. The van der Waals surface area contributed by atoms with Gasteiger partial charge in [-0.25, -0.2) is 0 Å². The maximum atomic E-state index is 10.1. The second-order valence-corrected chi connectivity index (χ2v) is 5.78. The molecule has 3 rings (SSSR count). The molecular weight excluding hydrogens is 272 g/mol. The molecule has 0 bridgehead atoms. The highest BCUT2D eigenvalue weighted by Crippen LogP contribution is 2.30. The molecule has 0 saturated heterocycles. The van der Waals surface area contributed by atoms with E-state index in [2.05, 4.69) is 36.5 Å². The fraction of sp³-hybridized carbons (Fsp3) is 0.316. The topological polar surface area (TPSA) is 44.6 Å². The van der Waals surface area contributed by atoms with Crippen molar-refractivity contribution in [3.63, 3.8) is 0 Å². The number of aryl methyl sites for hydroxylation is 1. The van der Waals surface area contributed by atoms with Crippen LogP contribution >= 0.6 is 0 Å². The Morgan fingerprint density at radius 3 is 2.55 bits per heavy atom. The molecule has 3 nitrogen and oxygen atoms in total. The van der Waals surface area contributed by atoms with Crippen molar-refractivity contribution in [2.75, 3.05) is 0 Å². The van der Waals surface area contributed by atoms with Gasteiger partial charge in [-0.3, -0.25) is 10.3 Å². The smallest absolute Gasteiger partial charge is 0.120 e. The van der Waals surface area contributed by atoms with Gasteiger partial charge in [0.05, 0.1) is 6.17 Å². The summed E-state index contributed by atoms with van der Waals surface area (Å²) >= 11 is 0. The van der Waals surface area contributed by atoms with Crippen molar-refractivity contribution in [1.82, 2.24) is 5.32 Å². The fourth-order valence-electron chi connectivity index (χ4n) is 2.97. The summed E-state index contributed by atoms with van der Waals surface area (Å²) < 4.78 is 0. The number of rotatable bonds is 3. The molecule has 0 spiro atoms. The third kappa shape index (κ3) is 3.04. The molecule has 0 aromatic heterocycles. The molecule has 2 N–H and O–H groups in total. The average Bonchev–Trinajstić information content (AvgIpc) is 2.55. The number of phenols is 1. The van der Waals surface area contributed by atoms with Crippen LogP contribution in [0.5, 0.6) is 5.75 Å². The monoisotopic (exact) mass is 294 g/mol. The predicted octanol–water partition coefficient (Wildman–Crippen LogP) is 3.82. The Morgan fingerprint density at radius 1 is 1.14 bits per heavy atom. The van der Waals surface area contributed by atoms with Crippen LogP contribution in [0.3, 0.4) is 0 Å². The van der Waals surface area contributed by atoms with Gasteiger partial charge in [-0.15, -0.1) is 0 Å². The molecule has 0 radical (unpaired) electrons. The minimum atomic E-state index is 0.0409. The molecule has 2 aromatic rings. The van der Waals surface area contributed by atoms with E-state index in [-0.39, 0.29) is 12.2 Å². The van der Waals surface area contributed by atoms with Gasteiger partial charge in [-0.05, 0) is 30.5 Å². The molecule has 2 atom stereocenters. The zero-order chi connectivity index (χ0) is 15.5. The molecule has 1 aliphatic heterocycles. The minimum Gasteiger partial charge on any atom is -0.508 e. The highest BCUT2D eigenvalue weighted by atomic mass is 16.3. The van der Waals surface area contributed by atoms with Gasteiger partial charge in [0, 0.05) is 23.7 Å². The first-order valence-corrected chi connectivity index (χ1v) is 7.87. The van der Waals surface area contributed by atoms with Gasteiger partial charge in [-0.2, -0.15) is 0 Å². The second-order valence-electron chi connectivity index (χ2n) is 5.78.